The Hall–Kier alpha value is -0.0700. The van der Waals surface area contributed by atoms with Gasteiger partial charge in [0.05, 0.1) is 0 Å². The van der Waals surface area contributed by atoms with Crippen molar-refractivity contribution >= 4 is 62.9 Å². The van der Waals surface area contributed by atoms with Crippen molar-refractivity contribution in [2.45, 2.75) is 4.90 Å². The third kappa shape index (κ3) is 1.62. The molecule has 1 nitrogen and oxygen atoms in total. The molecular weight excluding hydrogens is 315 g/mol. The first-order valence-electron chi connectivity index (χ1n) is 3.57. The molecule has 2 aromatic rings. The van der Waals surface area contributed by atoms with E-state index in [0.29, 0.717) is 5.56 Å². The Bertz CT molecular complexity index is 476. The van der Waals surface area contributed by atoms with E-state index in [4.69, 9.17) is 0 Å². The van der Waals surface area contributed by atoms with E-state index in [-0.39, 0.29) is 0 Å². The summed E-state index contributed by atoms with van der Waals surface area (Å²) in [6, 6.07) is 3.70. The van der Waals surface area contributed by atoms with Crippen LogP contribution in [0.4, 0.5) is 0 Å². The number of thiophene rings is 1. The standard InChI is InChI=1S/C9H5IOS2/c10-6-4-13-8-2-5(3-11)1-7(12)9(6)8/h1-4,12H. The second-order valence-electron chi connectivity index (χ2n) is 2.61. The smallest absolute Gasteiger partial charge is 0.150 e. The highest BCUT2D eigenvalue weighted by Crippen LogP contribution is 2.32. The van der Waals surface area contributed by atoms with Crippen molar-refractivity contribution in [3.8, 4) is 0 Å². The van der Waals surface area contributed by atoms with Crippen molar-refractivity contribution in [1.29, 1.82) is 0 Å². The third-order valence-electron chi connectivity index (χ3n) is 1.77. The Morgan fingerprint density at radius 3 is 2.92 bits per heavy atom. The van der Waals surface area contributed by atoms with Crippen molar-refractivity contribution < 1.29 is 4.79 Å². The van der Waals surface area contributed by atoms with Crippen LogP contribution in [0, 0.1) is 3.57 Å². The fraction of sp³-hybridized carbons (Fsp3) is 0. The summed E-state index contributed by atoms with van der Waals surface area (Å²) in [6.45, 7) is 0. The van der Waals surface area contributed by atoms with E-state index >= 15 is 0 Å². The highest BCUT2D eigenvalue weighted by atomic mass is 127. The first kappa shape index (κ1) is 9.48. The van der Waals surface area contributed by atoms with Gasteiger partial charge in [0.2, 0.25) is 0 Å². The number of carbonyl (C=O) groups is 1. The molecule has 0 atom stereocenters. The molecule has 0 aliphatic heterocycles. The minimum absolute atomic E-state index is 0.691. The molecule has 0 saturated heterocycles. The highest BCUT2D eigenvalue weighted by molar-refractivity contribution is 14.1. The molecule has 1 heterocycles. The molecular formula is C9H5IOS2. The zero-order valence-electron chi connectivity index (χ0n) is 6.45. The van der Waals surface area contributed by atoms with Crippen LogP contribution in [-0.2, 0) is 0 Å². The van der Waals surface area contributed by atoms with Crippen LogP contribution in [0.1, 0.15) is 10.4 Å². The van der Waals surface area contributed by atoms with Crippen LogP contribution in [0.15, 0.2) is 22.4 Å². The number of aldehydes is 1. The summed E-state index contributed by atoms with van der Waals surface area (Å²) in [5, 5.41) is 3.22. The van der Waals surface area contributed by atoms with E-state index in [2.05, 4.69) is 40.6 Å². The minimum Gasteiger partial charge on any atom is -0.298 e. The van der Waals surface area contributed by atoms with Gasteiger partial charge < -0.3 is 0 Å². The molecule has 0 unspecified atom stereocenters. The quantitative estimate of drug-likeness (QED) is 0.483. The van der Waals surface area contributed by atoms with E-state index in [0.717, 1.165) is 21.3 Å². The van der Waals surface area contributed by atoms with Gasteiger partial charge in [-0.1, -0.05) is 0 Å². The average molecular weight is 320 g/mol. The lowest BCUT2D eigenvalue weighted by atomic mass is 10.2. The number of benzene rings is 1. The molecule has 0 bridgehead atoms. The van der Waals surface area contributed by atoms with Gasteiger partial charge in [-0.3, -0.25) is 4.79 Å². The lowest BCUT2D eigenvalue weighted by molar-refractivity contribution is 0.112. The molecule has 13 heavy (non-hydrogen) atoms. The van der Waals surface area contributed by atoms with Gasteiger partial charge in [0, 0.05) is 29.5 Å². The Morgan fingerprint density at radius 2 is 2.23 bits per heavy atom. The lowest BCUT2D eigenvalue weighted by Crippen LogP contribution is -1.80. The van der Waals surface area contributed by atoms with Crippen molar-refractivity contribution in [3.05, 3.63) is 26.6 Å². The van der Waals surface area contributed by atoms with E-state index in [1.165, 1.54) is 3.57 Å². The highest BCUT2D eigenvalue weighted by Gasteiger charge is 2.06. The van der Waals surface area contributed by atoms with Gasteiger partial charge in [-0.25, -0.2) is 0 Å². The van der Waals surface area contributed by atoms with E-state index in [9.17, 15) is 4.79 Å². The second-order valence-corrected chi connectivity index (χ2v) is 5.17. The average Bonchev–Trinajstić information content (AvgIpc) is 2.48. The van der Waals surface area contributed by atoms with Crippen LogP contribution in [0.3, 0.4) is 0 Å². The Morgan fingerprint density at radius 1 is 1.46 bits per heavy atom. The largest absolute Gasteiger partial charge is 0.298 e. The molecule has 0 spiro atoms. The number of thiol groups is 1. The number of fused-ring (bicyclic) bond motifs is 1. The van der Waals surface area contributed by atoms with Gasteiger partial charge in [-0.15, -0.1) is 24.0 Å². The third-order valence-corrected chi connectivity index (χ3v) is 4.32. The van der Waals surface area contributed by atoms with Gasteiger partial charge in [-0.05, 0) is 34.7 Å². The number of hydrogen-bond donors (Lipinski definition) is 1. The molecule has 66 valence electrons. The van der Waals surface area contributed by atoms with Gasteiger partial charge in [0.1, 0.15) is 6.29 Å². The topological polar surface area (TPSA) is 17.1 Å². The predicted octanol–water partition coefficient (Wildman–Crippen LogP) is 3.61. The summed E-state index contributed by atoms with van der Waals surface area (Å²) in [6.07, 6.45) is 0.853. The molecule has 1 aromatic heterocycles. The fourth-order valence-electron chi connectivity index (χ4n) is 1.20. The lowest BCUT2D eigenvalue weighted by Gasteiger charge is -1.97. The fourth-order valence-corrected chi connectivity index (χ4v) is 3.91. The predicted molar refractivity (Wildman–Crippen MR) is 67.2 cm³/mol. The second kappa shape index (κ2) is 3.59. The van der Waals surface area contributed by atoms with Gasteiger partial charge >= 0.3 is 0 Å². The summed E-state index contributed by atoms with van der Waals surface area (Å²) >= 11 is 8.27. The summed E-state index contributed by atoms with van der Waals surface area (Å²) in [4.78, 5) is 11.5. The van der Waals surface area contributed by atoms with Crippen LogP contribution in [0.5, 0.6) is 0 Å². The SMILES string of the molecule is O=Cc1cc(S)c2c(I)csc2c1. The van der Waals surface area contributed by atoms with Crippen molar-refractivity contribution in [2.75, 3.05) is 0 Å². The Labute approximate surface area is 98.7 Å². The Balaban J connectivity index is 2.86. The molecule has 0 saturated carbocycles. The monoisotopic (exact) mass is 320 g/mol. The molecule has 0 N–H and O–H groups in total. The maximum absolute atomic E-state index is 10.6. The summed E-state index contributed by atoms with van der Waals surface area (Å²) in [5.41, 5.74) is 0.691. The summed E-state index contributed by atoms with van der Waals surface area (Å²) < 4.78 is 2.32. The molecule has 0 fully saturated rings. The van der Waals surface area contributed by atoms with Crippen LogP contribution < -0.4 is 0 Å². The van der Waals surface area contributed by atoms with Crippen LogP contribution in [0.2, 0.25) is 0 Å². The minimum atomic E-state index is 0.691. The number of carbonyl (C=O) groups excluding carboxylic acids is 1. The number of rotatable bonds is 1. The van der Waals surface area contributed by atoms with E-state index < -0.39 is 0 Å². The maximum atomic E-state index is 10.6. The van der Waals surface area contributed by atoms with Crippen molar-refractivity contribution in [1.82, 2.24) is 0 Å². The van der Waals surface area contributed by atoms with Gasteiger partial charge in [-0.2, -0.15) is 0 Å². The molecule has 0 radical (unpaired) electrons. The first-order valence-corrected chi connectivity index (χ1v) is 5.98. The molecule has 0 amide bonds. The van der Waals surface area contributed by atoms with Crippen molar-refractivity contribution in [3.63, 3.8) is 0 Å². The van der Waals surface area contributed by atoms with E-state index in [1.807, 2.05) is 6.07 Å². The van der Waals surface area contributed by atoms with Crippen LogP contribution in [0.25, 0.3) is 10.1 Å². The Kier molecular flexibility index (Phi) is 2.62. The van der Waals surface area contributed by atoms with Crippen molar-refractivity contribution in [2.24, 2.45) is 0 Å². The molecule has 0 aliphatic carbocycles. The molecule has 1 aromatic carbocycles. The summed E-state index contributed by atoms with van der Waals surface area (Å²) in [7, 11) is 0. The van der Waals surface area contributed by atoms with Crippen LogP contribution >= 0.6 is 46.6 Å². The number of halogens is 1. The number of hydrogen-bond acceptors (Lipinski definition) is 3. The molecule has 2 rings (SSSR count). The molecule has 4 heteroatoms. The van der Waals surface area contributed by atoms with Gasteiger partial charge in [0.15, 0.2) is 0 Å². The zero-order valence-corrected chi connectivity index (χ0v) is 10.3. The van der Waals surface area contributed by atoms with Crippen LogP contribution in [-0.4, -0.2) is 6.29 Å². The normalized spacial score (nSPS) is 10.6. The zero-order chi connectivity index (χ0) is 9.42. The first-order chi connectivity index (χ1) is 6.22. The van der Waals surface area contributed by atoms with E-state index in [1.54, 1.807) is 17.4 Å². The van der Waals surface area contributed by atoms with Gasteiger partial charge in [0.25, 0.3) is 0 Å². The summed E-state index contributed by atoms with van der Waals surface area (Å²) in [5.74, 6) is 0. The molecule has 0 aliphatic rings. The maximum Gasteiger partial charge on any atom is 0.150 e.